The summed E-state index contributed by atoms with van der Waals surface area (Å²) in [6.07, 6.45) is 2.39. The third-order valence-electron chi connectivity index (χ3n) is 5.26. The second-order valence-electron chi connectivity index (χ2n) is 7.40. The van der Waals surface area contributed by atoms with Gasteiger partial charge in [0.1, 0.15) is 0 Å². The minimum atomic E-state index is 0. The average molecular weight is 396 g/mol. The van der Waals surface area contributed by atoms with Crippen LogP contribution < -0.4 is 5.32 Å². The van der Waals surface area contributed by atoms with E-state index in [0.717, 1.165) is 47.4 Å². The van der Waals surface area contributed by atoms with Crippen LogP contribution in [-0.2, 0) is 0 Å². The quantitative estimate of drug-likeness (QED) is 0.835. The number of benzene rings is 1. The molecule has 1 aromatic heterocycles. The van der Waals surface area contributed by atoms with Crippen LogP contribution in [0.3, 0.4) is 0 Å². The van der Waals surface area contributed by atoms with Crippen LogP contribution in [0.25, 0.3) is 10.9 Å². The second-order valence-corrected chi connectivity index (χ2v) is 7.40. The van der Waals surface area contributed by atoms with E-state index in [2.05, 4.69) is 44.3 Å². The Hall–Kier alpha value is -1.36. The third kappa shape index (κ3) is 3.83. The lowest BCUT2D eigenvalue weighted by Crippen LogP contribution is -2.52. The van der Waals surface area contributed by atoms with E-state index in [0.29, 0.717) is 5.92 Å². The molecule has 6 heteroatoms. The van der Waals surface area contributed by atoms with Crippen molar-refractivity contribution in [2.45, 2.75) is 45.6 Å². The van der Waals surface area contributed by atoms with Crippen molar-refractivity contribution in [3.8, 4) is 0 Å². The Morgan fingerprint density at radius 2 is 1.92 bits per heavy atom. The van der Waals surface area contributed by atoms with E-state index in [4.69, 9.17) is 4.98 Å². The smallest absolute Gasteiger partial charge is 0.254 e. The van der Waals surface area contributed by atoms with E-state index in [9.17, 15) is 4.79 Å². The van der Waals surface area contributed by atoms with Crippen LogP contribution in [0.15, 0.2) is 18.2 Å². The monoisotopic (exact) mass is 395 g/mol. The SMILES string of the molecule is Cc1cc(C)c2nc(C3CC3)cc(C(=O)N3CCNCC3C)c2c1.Cl.Cl. The third-order valence-corrected chi connectivity index (χ3v) is 5.26. The molecule has 1 atom stereocenters. The number of hydrogen-bond acceptors (Lipinski definition) is 3. The van der Waals surface area contributed by atoms with Gasteiger partial charge in [-0.3, -0.25) is 9.78 Å². The molecule has 2 aliphatic rings. The second kappa shape index (κ2) is 8.12. The van der Waals surface area contributed by atoms with Crippen molar-refractivity contribution in [2.24, 2.45) is 0 Å². The molecule has 142 valence electrons. The number of aryl methyl sites for hydroxylation is 2. The largest absolute Gasteiger partial charge is 0.333 e. The summed E-state index contributed by atoms with van der Waals surface area (Å²) in [6, 6.07) is 6.57. The maximum atomic E-state index is 13.3. The minimum absolute atomic E-state index is 0. The number of fused-ring (bicyclic) bond motifs is 1. The molecule has 0 radical (unpaired) electrons. The van der Waals surface area contributed by atoms with Crippen molar-refractivity contribution in [3.63, 3.8) is 0 Å². The van der Waals surface area contributed by atoms with Crippen molar-refractivity contribution in [1.82, 2.24) is 15.2 Å². The summed E-state index contributed by atoms with van der Waals surface area (Å²) in [6.45, 7) is 8.80. The number of nitrogens with zero attached hydrogens (tertiary/aromatic N) is 2. The lowest BCUT2D eigenvalue weighted by molar-refractivity contribution is 0.0657. The van der Waals surface area contributed by atoms with Gasteiger partial charge in [-0.2, -0.15) is 0 Å². The molecule has 1 aliphatic heterocycles. The first-order chi connectivity index (χ1) is 11.5. The highest BCUT2D eigenvalue weighted by Crippen LogP contribution is 2.40. The molecular weight excluding hydrogens is 369 g/mol. The maximum Gasteiger partial charge on any atom is 0.254 e. The molecule has 1 saturated carbocycles. The van der Waals surface area contributed by atoms with Crippen LogP contribution in [0.2, 0.25) is 0 Å². The van der Waals surface area contributed by atoms with Gasteiger partial charge in [-0.1, -0.05) is 11.6 Å². The summed E-state index contributed by atoms with van der Waals surface area (Å²) in [7, 11) is 0. The van der Waals surface area contributed by atoms with Gasteiger partial charge in [-0.15, -0.1) is 24.8 Å². The number of amides is 1. The van der Waals surface area contributed by atoms with Crippen molar-refractivity contribution < 1.29 is 4.79 Å². The fourth-order valence-corrected chi connectivity index (χ4v) is 3.76. The molecule has 26 heavy (non-hydrogen) atoms. The van der Waals surface area contributed by atoms with Gasteiger partial charge in [0.15, 0.2) is 0 Å². The number of rotatable bonds is 2. The molecule has 1 aromatic carbocycles. The van der Waals surface area contributed by atoms with Gasteiger partial charge in [0.2, 0.25) is 0 Å². The molecule has 1 unspecified atom stereocenters. The van der Waals surface area contributed by atoms with Crippen LogP contribution >= 0.6 is 24.8 Å². The van der Waals surface area contributed by atoms with Crippen LogP contribution in [0, 0.1) is 13.8 Å². The molecule has 0 bridgehead atoms. The zero-order valence-electron chi connectivity index (χ0n) is 15.5. The van der Waals surface area contributed by atoms with Gasteiger partial charge in [0.05, 0.1) is 11.1 Å². The van der Waals surface area contributed by atoms with E-state index >= 15 is 0 Å². The number of carbonyl (C=O) groups is 1. The highest BCUT2D eigenvalue weighted by atomic mass is 35.5. The van der Waals surface area contributed by atoms with Gasteiger partial charge in [0.25, 0.3) is 5.91 Å². The highest BCUT2D eigenvalue weighted by molar-refractivity contribution is 6.07. The summed E-state index contributed by atoms with van der Waals surface area (Å²) < 4.78 is 0. The lowest BCUT2D eigenvalue weighted by atomic mass is 9.99. The number of hydrogen-bond donors (Lipinski definition) is 1. The normalized spacial score (nSPS) is 19.7. The first kappa shape index (κ1) is 20.9. The van der Waals surface area contributed by atoms with Crippen molar-refractivity contribution in [1.29, 1.82) is 0 Å². The Labute approximate surface area is 167 Å². The maximum absolute atomic E-state index is 13.3. The topological polar surface area (TPSA) is 45.2 Å². The van der Waals surface area contributed by atoms with E-state index in [-0.39, 0.29) is 36.8 Å². The fraction of sp³-hybridized carbons (Fsp3) is 0.500. The fourth-order valence-electron chi connectivity index (χ4n) is 3.76. The molecule has 2 aromatic rings. The Morgan fingerprint density at radius 3 is 2.58 bits per heavy atom. The predicted octanol–water partition coefficient (Wildman–Crippen LogP) is 4.01. The van der Waals surface area contributed by atoms with Crippen LogP contribution in [0.4, 0.5) is 0 Å². The number of piperazine rings is 1. The summed E-state index contributed by atoms with van der Waals surface area (Å²) in [4.78, 5) is 20.2. The molecular formula is C20H27Cl2N3O. The zero-order chi connectivity index (χ0) is 16.8. The standard InChI is InChI=1S/C20H25N3O.2ClH/c1-12-8-13(2)19-16(9-12)17(10-18(22-19)15-4-5-15)20(24)23-7-6-21-11-14(23)3;;/h8-10,14-15,21H,4-7,11H2,1-3H3;2*1H. The van der Waals surface area contributed by atoms with Crippen molar-refractivity contribution >= 4 is 41.6 Å². The van der Waals surface area contributed by atoms with E-state index in [1.54, 1.807) is 0 Å². The van der Waals surface area contributed by atoms with E-state index < -0.39 is 0 Å². The van der Waals surface area contributed by atoms with Crippen molar-refractivity contribution in [3.05, 3.63) is 40.6 Å². The Bertz CT molecular complexity index is 820. The molecule has 1 N–H and O–H groups in total. The molecule has 1 amide bonds. The summed E-state index contributed by atoms with van der Waals surface area (Å²) in [5.74, 6) is 0.699. The van der Waals surface area contributed by atoms with Gasteiger partial charge in [-0.25, -0.2) is 0 Å². The van der Waals surface area contributed by atoms with Crippen LogP contribution in [-0.4, -0.2) is 41.5 Å². The summed E-state index contributed by atoms with van der Waals surface area (Å²) in [5.41, 5.74) is 5.28. The Kier molecular flexibility index (Phi) is 6.54. The number of carbonyl (C=O) groups excluding carboxylic acids is 1. The Morgan fingerprint density at radius 1 is 1.19 bits per heavy atom. The molecule has 4 rings (SSSR count). The van der Waals surface area contributed by atoms with Gasteiger partial charge >= 0.3 is 0 Å². The minimum Gasteiger partial charge on any atom is -0.333 e. The van der Waals surface area contributed by atoms with Crippen LogP contribution in [0.5, 0.6) is 0 Å². The van der Waals surface area contributed by atoms with E-state index in [1.807, 2.05) is 4.90 Å². The number of nitrogens with one attached hydrogen (secondary N) is 1. The molecule has 4 nitrogen and oxygen atoms in total. The number of aromatic nitrogens is 1. The first-order valence-corrected chi connectivity index (χ1v) is 8.98. The van der Waals surface area contributed by atoms with Gasteiger partial charge < -0.3 is 10.2 Å². The molecule has 2 heterocycles. The predicted molar refractivity (Wildman–Crippen MR) is 111 cm³/mol. The van der Waals surface area contributed by atoms with Crippen molar-refractivity contribution in [2.75, 3.05) is 19.6 Å². The molecule has 1 aliphatic carbocycles. The first-order valence-electron chi connectivity index (χ1n) is 8.98. The number of halogens is 2. The van der Waals surface area contributed by atoms with E-state index in [1.165, 1.54) is 18.4 Å². The molecule has 0 spiro atoms. The summed E-state index contributed by atoms with van der Waals surface area (Å²) >= 11 is 0. The average Bonchev–Trinajstić information content (AvgIpc) is 3.39. The van der Waals surface area contributed by atoms with Gasteiger partial charge in [0, 0.05) is 42.7 Å². The van der Waals surface area contributed by atoms with Crippen LogP contribution in [0.1, 0.15) is 52.9 Å². The molecule has 2 fully saturated rings. The lowest BCUT2D eigenvalue weighted by Gasteiger charge is -2.34. The summed E-state index contributed by atoms with van der Waals surface area (Å²) in [5, 5.41) is 4.37. The van der Waals surface area contributed by atoms with Gasteiger partial charge in [-0.05, 0) is 51.3 Å². The number of pyridine rings is 1. The Balaban J connectivity index is 0.00000121. The highest BCUT2D eigenvalue weighted by Gasteiger charge is 2.30. The zero-order valence-corrected chi connectivity index (χ0v) is 17.2. The molecule has 1 saturated heterocycles.